The van der Waals surface area contributed by atoms with Crippen LogP contribution in [0.4, 0.5) is 0 Å². The fraction of sp³-hybridized carbons (Fsp3) is 0.333. The van der Waals surface area contributed by atoms with E-state index in [9.17, 15) is 0 Å². The number of aromatic amines is 1. The Morgan fingerprint density at radius 3 is 2.80 bits per heavy atom. The molecule has 0 spiro atoms. The van der Waals surface area contributed by atoms with Crippen LogP contribution >= 0.6 is 11.8 Å². The summed E-state index contributed by atoms with van der Waals surface area (Å²) >= 11 is 2.00. The van der Waals surface area contributed by atoms with Crippen LogP contribution in [0.1, 0.15) is 5.69 Å². The summed E-state index contributed by atoms with van der Waals surface area (Å²) in [5, 5.41) is 5.43. The van der Waals surface area contributed by atoms with Crippen molar-refractivity contribution in [3.8, 4) is 0 Å². The first kappa shape index (κ1) is 9.31. The van der Waals surface area contributed by atoms with Crippen molar-refractivity contribution in [2.75, 3.05) is 13.1 Å². The van der Waals surface area contributed by atoms with Crippen LogP contribution in [0.2, 0.25) is 0 Å². The highest BCUT2D eigenvalue weighted by Gasteiger charge is 2.20. The lowest BCUT2D eigenvalue weighted by Gasteiger charge is -2.26. The van der Waals surface area contributed by atoms with Crippen molar-refractivity contribution in [2.45, 2.75) is 17.1 Å². The summed E-state index contributed by atoms with van der Waals surface area (Å²) in [6.07, 6.45) is 0. The van der Waals surface area contributed by atoms with Gasteiger partial charge in [0.15, 0.2) is 0 Å². The molecule has 1 aromatic heterocycles. The predicted octanol–water partition coefficient (Wildman–Crippen LogP) is 2.54. The maximum Gasteiger partial charge on any atom is 0.0467 e. The summed E-state index contributed by atoms with van der Waals surface area (Å²) in [7, 11) is 0. The summed E-state index contributed by atoms with van der Waals surface area (Å²) in [4.78, 5) is 4.87. The van der Waals surface area contributed by atoms with Gasteiger partial charge < -0.3 is 10.3 Å². The first-order chi connectivity index (χ1) is 7.34. The maximum atomic E-state index is 3.44. The van der Waals surface area contributed by atoms with E-state index in [4.69, 9.17) is 0 Å². The number of H-pyrrole nitrogens is 1. The van der Waals surface area contributed by atoms with Gasteiger partial charge in [0, 0.05) is 39.8 Å². The number of rotatable bonds is 2. The lowest BCUT2D eigenvalue weighted by Crippen LogP contribution is -2.44. The molecule has 3 rings (SSSR count). The standard InChI is InChI=1S/C12H14N2S/c1-8-12(15-9-6-13-7-9)10-4-2-3-5-11(10)14-8/h2-5,9,13-14H,6-7H2,1H3. The van der Waals surface area contributed by atoms with Gasteiger partial charge in [0.1, 0.15) is 0 Å². The lowest BCUT2D eigenvalue weighted by atomic mass is 10.2. The van der Waals surface area contributed by atoms with E-state index in [0.717, 1.165) is 18.3 Å². The molecular formula is C12H14N2S. The molecule has 0 unspecified atom stereocenters. The average molecular weight is 218 g/mol. The van der Waals surface area contributed by atoms with Crippen molar-refractivity contribution in [3.05, 3.63) is 30.0 Å². The molecule has 1 aliphatic rings. The maximum absolute atomic E-state index is 3.44. The summed E-state index contributed by atoms with van der Waals surface area (Å²) in [5.41, 5.74) is 2.55. The Kier molecular flexibility index (Phi) is 2.22. The van der Waals surface area contributed by atoms with Gasteiger partial charge in [0.05, 0.1) is 0 Å². The third kappa shape index (κ3) is 1.56. The highest BCUT2D eigenvalue weighted by atomic mass is 32.2. The van der Waals surface area contributed by atoms with E-state index in [2.05, 4.69) is 41.5 Å². The van der Waals surface area contributed by atoms with Crippen LogP contribution in [0.25, 0.3) is 10.9 Å². The molecule has 1 saturated heterocycles. The van der Waals surface area contributed by atoms with Crippen LogP contribution < -0.4 is 5.32 Å². The number of hydrogen-bond donors (Lipinski definition) is 2. The number of thioether (sulfide) groups is 1. The van der Waals surface area contributed by atoms with E-state index in [0.29, 0.717) is 0 Å². The van der Waals surface area contributed by atoms with Gasteiger partial charge in [-0.2, -0.15) is 0 Å². The van der Waals surface area contributed by atoms with E-state index in [1.54, 1.807) is 0 Å². The molecule has 15 heavy (non-hydrogen) atoms. The first-order valence-corrected chi connectivity index (χ1v) is 6.17. The molecule has 2 aromatic rings. The SMILES string of the molecule is Cc1[nH]c2ccccc2c1SC1CNC1. The van der Waals surface area contributed by atoms with Gasteiger partial charge >= 0.3 is 0 Å². The topological polar surface area (TPSA) is 27.8 Å². The van der Waals surface area contributed by atoms with Crippen LogP contribution in [0.15, 0.2) is 29.2 Å². The van der Waals surface area contributed by atoms with E-state index in [1.165, 1.54) is 21.5 Å². The zero-order valence-corrected chi connectivity index (χ0v) is 9.53. The molecule has 3 heteroatoms. The number of nitrogens with one attached hydrogen (secondary N) is 2. The second-order valence-electron chi connectivity index (χ2n) is 4.02. The molecule has 2 nitrogen and oxygen atoms in total. The number of benzene rings is 1. The Hall–Kier alpha value is -0.930. The number of fused-ring (bicyclic) bond motifs is 1. The van der Waals surface area contributed by atoms with Gasteiger partial charge in [0.25, 0.3) is 0 Å². The van der Waals surface area contributed by atoms with Gasteiger partial charge in [-0.1, -0.05) is 18.2 Å². The molecule has 2 heterocycles. The average Bonchev–Trinajstić information content (AvgIpc) is 2.48. The monoisotopic (exact) mass is 218 g/mol. The Balaban J connectivity index is 2.03. The van der Waals surface area contributed by atoms with Gasteiger partial charge in [-0.05, 0) is 13.0 Å². The molecule has 1 aromatic carbocycles. The molecule has 2 N–H and O–H groups in total. The highest BCUT2D eigenvalue weighted by Crippen LogP contribution is 2.34. The number of aryl methyl sites for hydroxylation is 1. The van der Waals surface area contributed by atoms with Crippen LogP contribution in [-0.4, -0.2) is 23.3 Å². The van der Waals surface area contributed by atoms with Crippen molar-refractivity contribution < 1.29 is 0 Å². The van der Waals surface area contributed by atoms with Gasteiger partial charge in [0.2, 0.25) is 0 Å². The molecule has 0 aliphatic carbocycles. The molecule has 78 valence electrons. The number of hydrogen-bond acceptors (Lipinski definition) is 2. The molecule has 0 bridgehead atoms. The lowest BCUT2D eigenvalue weighted by molar-refractivity contribution is 0.544. The van der Waals surface area contributed by atoms with E-state index >= 15 is 0 Å². The summed E-state index contributed by atoms with van der Waals surface area (Å²) in [5.74, 6) is 0. The van der Waals surface area contributed by atoms with Crippen LogP contribution in [0.3, 0.4) is 0 Å². The van der Waals surface area contributed by atoms with Crippen LogP contribution in [0, 0.1) is 6.92 Å². The van der Waals surface area contributed by atoms with Crippen LogP contribution in [0.5, 0.6) is 0 Å². The number of para-hydroxylation sites is 1. The Bertz CT molecular complexity index is 485. The van der Waals surface area contributed by atoms with E-state index in [1.807, 2.05) is 11.8 Å². The molecule has 1 fully saturated rings. The minimum Gasteiger partial charge on any atom is -0.358 e. The van der Waals surface area contributed by atoms with Crippen molar-refractivity contribution in [2.24, 2.45) is 0 Å². The zero-order valence-electron chi connectivity index (χ0n) is 8.71. The zero-order chi connectivity index (χ0) is 10.3. The second kappa shape index (κ2) is 3.58. The highest BCUT2D eigenvalue weighted by molar-refractivity contribution is 8.00. The summed E-state index contributed by atoms with van der Waals surface area (Å²) in [6, 6.07) is 8.54. The van der Waals surface area contributed by atoms with Gasteiger partial charge in [-0.3, -0.25) is 0 Å². The second-order valence-corrected chi connectivity index (χ2v) is 5.33. The normalized spacial score (nSPS) is 16.9. The Morgan fingerprint density at radius 1 is 1.27 bits per heavy atom. The summed E-state index contributed by atoms with van der Waals surface area (Å²) in [6.45, 7) is 4.45. The minimum absolute atomic E-state index is 0.753. The molecular weight excluding hydrogens is 204 g/mol. The third-order valence-electron chi connectivity index (χ3n) is 2.86. The fourth-order valence-corrected chi connectivity index (χ4v) is 3.18. The van der Waals surface area contributed by atoms with Crippen molar-refractivity contribution in [1.29, 1.82) is 0 Å². The van der Waals surface area contributed by atoms with E-state index < -0.39 is 0 Å². The molecule has 0 saturated carbocycles. The molecule has 1 aliphatic heterocycles. The molecule has 0 amide bonds. The minimum atomic E-state index is 0.753. The van der Waals surface area contributed by atoms with Gasteiger partial charge in [-0.25, -0.2) is 0 Å². The van der Waals surface area contributed by atoms with E-state index in [-0.39, 0.29) is 0 Å². The van der Waals surface area contributed by atoms with Crippen LogP contribution in [-0.2, 0) is 0 Å². The third-order valence-corrected chi connectivity index (χ3v) is 4.29. The number of aromatic nitrogens is 1. The van der Waals surface area contributed by atoms with Crippen molar-refractivity contribution in [3.63, 3.8) is 0 Å². The predicted molar refractivity (Wildman–Crippen MR) is 65.6 cm³/mol. The fourth-order valence-electron chi connectivity index (χ4n) is 1.91. The smallest absolute Gasteiger partial charge is 0.0467 e. The quantitative estimate of drug-likeness (QED) is 0.810. The Morgan fingerprint density at radius 2 is 2.07 bits per heavy atom. The van der Waals surface area contributed by atoms with Gasteiger partial charge in [-0.15, -0.1) is 11.8 Å². The Labute approximate surface area is 93.4 Å². The largest absolute Gasteiger partial charge is 0.358 e. The molecule has 0 atom stereocenters. The van der Waals surface area contributed by atoms with Crippen molar-refractivity contribution in [1.82, 2.24) is 10.3 Å². The molecule has 0 radical (unpaired) electrons. The first-order valence-electron chi connectivity index (χ1n) is 5.29. The van der Waals surface area contributed by atoms with Crippen molar-refractivity contribution >= 4 is 22.7 Å². The summed E-state index contributed by atoms with van der Waals surface area (Å²) < 4.78 is 0.